The largest absolute Gasteiger partial charge is 0.497 e. The predicted molar refractivity (Wildman–Crippen MR) is 145 cm³/mol. The summed E-state index contributed by atoms with van der Waals surface area (Å²) in [6.45, 7) is 1.18. The first kappa shape index (κ1) is 22.6. The normalized spacial score (nSPS) is 26.7. The minimum Gasteiger partial charge on any atom is -0.497 e. The number of hydrogen-bond donors (Lipinski definition) is 0. The first-order valence-corrected chi connectivity index (χ1v) is 13.5. The lowest BCUT2D eigenvalue weighted by molar-refractivity contribution is -0.0340. The van der Waals surface area contributed by atoms with Crippen LogP contribution in [0.1, 0.15) is 66.8 Å². The van der Waals surface area contributed by atoms with Crippen LogP contribution in [0.15, 0.2) is 84.9 Å². The van der Waals surface area contributed by atoms with Crippen LogP contribution in [0.5, 0.6) is 5.75 Å². The molecule has 2 aliphatic carbocycles. The van der Waals surface area contributed by atoms with Gasteiger partial charge in [-0.2, -0.15) is 0 Å². The standard InChI is InChI=1S/C33H37NO/c1-35-28-19-18-27-23-32-29-16-8-9-20-33(29,30(27)24-28)21-22-34(32)31(26-14-6-3-7-15-26)17-10-13-25-11-4-2-5-12-25/h2-7,10-15,18-19,24,29,31-32H,8-9,16-17,20-23H2,1H3/b13-10+/t29-,31?,32+,33-/m0/s1. The number of rotatable bonds is 6. The molecule has 2 heteroatoms. The molecule has 1 unspecified atom stereocenters. The van der Waals surface area contributed by atoms with Crippen molar-refractivity contribution in [1.82, 2.24) is 4.90 Å². The summed E-state index contributed by atoms with van der Waals surface area (Å²) in [7, 11) is 1.80. The molecule has 3 aliphatic rings. The fourth-order valence-corrected chi connectivity index (χ4v) is 7.56. The maximum atomic E-state index is 5.67. The van der Waals surface area contributed by atoms with Crippen LogP contribution in [-0.2, 0) is 11.8 Å². The molecule has 1 aliphatic heterocycles. The van der Waals surface area contributed by atoms with Crippen LogP contribution in [0.3, 0.4) is 0 Å². The van der Waals surface area contributed by atoms with Gasteiger partial charge < -0.3 is 4.74 Å². The van der Waals surface area contributed by atoms with E-state index in [-0.39, 0.29) is 0 Å². The summed E-state index contributed by atoms with van der Waals surface area (Å²) in [6, 6.07) is 29.9. The van der Waals surface area contributed by atoms with Crippen molar-refractivity contribution in [2.45, 2.75) is 62.4 Å². The Morgan fingerprint density at radius 1 is 0.971 bits per heavy atom. The van der Waals surface area contributed by atoms with E-state index in [1.807, 2.05) is 0 Å². The van der Waals surface area contributed by atoms with Crippen LogP contribution < -0.4 is 4.74 Å². The van der Waals surface area contributed by atoms with Crippen LogP contribution in [0, 0.1) is 5.92 Å². The van der Waals surface area contributed by atoms with Crippen LogP contribution in [0.25, 0.3) is 6.08 Å². The Morgan fingerprint density at radius 3 is 2.57 bits per heavy atom. The zero-order valence-electron chi connectivity index (χ0n) is 20.9. The quantitative estimate of drug-likeness (QED) is 0.373. The van der Waals surface area contributed by atoms with Crippen molar-refractivity contribution in [1.29, 1.82) is 0 Å². The summed E-state index contributed by atoms with van der Waals surface area (Å²) < 4.78 is 5.67. The molecule has 0 N–H and O–H groups in total. The van der Waals surface area contributed by atoms with Crippen molar-refractivity contribution in [3.8, 4) is 5.75 Å². The second-order valence-corrected chi connectivity index (χ2v) is 10.8. The summed E-state index contributed by atoms with van der Waals surface area (Å²) in [6.07, 6.45) is 13.6. The maximum absolute atomic E-state index is 5.67. The molecule has 0 spiro atoms. The fourth-order valence-electron chi connectivity index (χ4n) is 7.56. The van der Waals surface area contributed by atoms with Crippen LogP contribution in [0.4, 0.5) is 0 Å². The molecule has 1 saturated heterocycles. The molecule has 0 amide bonds. The van der Waals surface area contributed by atoms with E-state index < -0.39 is 0 Å². The zero-order chi connectivity index (χ0) is 23.7. The minimum absolute atomic E-state index is 0.336. The van der Waals surface area contributed by atoms with Crippen LogP contribution in [-0.4, -0.2) is 24.6 Å². The highest BCUT2D eigenvalue weighted by molar-refractivity contribution is 5.49. The minimum atomic E-state index is 0.336. The molecular formula is C33H37NO. The molecule has 2 nitrogen and oxygen atoms in total. The van der Waals surface area contributed by atoms with E-state index in [0.717, 1.165) is 24.5 Å². The molecule has 1 saturated carbocycles. The van der Waals surface area contributed by atoms with Gasteiger partial charge in [-0.1, -0.05) is 91.7 Å². The molecule has 2 bridgehead atoms. The van der Waals surface area contributed by atoms with Gasteiger partial charge in [-0.05, 0) is 79.0 Å². The van der Waals surface area contributed by atoms with E-state index >= 15 is 0 Å². The lowest BCUT2D eigenvalue weighted by Gasteiger charge is -2.60. The number of nitrogens with zero attached hydrogens (tertiary/aromatic N) is 1. The fraction of sp³-hybridized carbons (Fsp3) is 0.394. The highest BCUT2D eigenvalue weighted by atomic mass is 16.5. The van der Waals surface area contributed by atoms with Crippen molar-refractivity contribution in [3.05, 3.63) is 107 Å². The molecule has 2 fully saturated rings. The molecule has 0 radical (unpaired) electrons. The number of likely N-dealkylation sites (tertiary alicyclic amines) is 1. The molecule has 0 aromatic heterocycles. The number of benzene rings is 3. The Kier molecular flexibility index (Phi) is 6.24. The highest BCUT2D eigenvalue weighted by Crippen LogP contribution is 2.57. The summed E-state index contributed by atoms with van der Waals surface area (Å²) in [5.41, 5.74) is 6.24. The van der Waals surface area contributed by atoms with Crippen molar-refractivity contribution in [2.24, 2.45) is 5.92 Å². The van der Waals surface area contributed by atoms with Gasteiger partial charge >= 0.3 is 0 Å². The average molecular weight is 464 g/mol. The molecular weight excluding hydrogens is 426 g/mol. The molecule has 4 atom stereocenters. The Morgan fingerprint density at radius 2 is 1.77 bits per heavy atom. The Labute approximate surface area is 210 Å². The second-order valence-electron chi connectivity index (χ2n) is 10.8. The summed E-state index contributed by atoms with van der Waals surface area (Å²) >= 11 is 0. The molecule has 1 heterocycles. The van der Waals surface area contributed by atoms with E-state index in [0.29, 0.717) is 17.5 Å². The Hall–Kier alpha value is -2.84. The molecule has 3 aromatic rings. The summed E-state index contributed by atoms with van der Waals surface area (Å²) in [4.78, 5) is 2.89. The SMILES string of the molecule is COc1ccc2c(c1)[C@]13CCCC[C@H]1[C@@H](C2)N(C(C/C=C/c1ccccc1)c1ccccc1)CC3. The van der Waals surface area contributed by atoms with E-state index in [2.05, 4.69) is 95.9 Å². The van der Waals surface area contributed by atoms with Gasteiger partial charge in [0.05, 0.1) is 7.11 Å². The number of ether oxygens (including phenoxy) is 1. The number of fused-ring (bicyclic) bond motifs is 1. The zero-order valence-corrected chi connectivity index (χ0v) is 20.9. The molecule has 180 valence electrons. The van der Waals surface area contributed by atoms with Gasteiger partial charge in [0, 0.05) is 17.5 Å². The summed E-state index contributed by atoms with van der Waals surface area (Å²) in [5.74, 6) is 1.77. The van der Waals surface area contributed by atoms with E-state index in [4.69, 9.17) is 4.74 Å². The van der Waals surface area contributed by atoms with Crippen molar-refractivity contribution < 1.29 is 4.74 Å². The van der Waals surface area contributed by atoms with E-state index in [9.17, 15) is 0 Å². The predicted octanol–water partition coefficient (Wildman–Crippen LogP) is 7.60. The number of piperidine rings is 1. The van der Waals surface area contributed by atoms with E-state index in [1.165, 1.54) is 49.8 Å². The third-order valence-electron chi connectivity index (χ3n) is 9.14. The third kappa shape index (κ3) is 4.12. The highest BCUT2D eigenvalue weighted by Gasteiger charge is 2.54. The smallest absolute Gasteiger partial charge is 0.119 e. The average Bonchev–Trinajstić information content (AvgIpc) is 2.92. The molecule has 3 aromatic carbocycles. The maximum Gasteiger partial charge on any atom is 0.119 e. The van der Waals surface area contributed by atoms with Crippen LogP contribution >= 0.6 is 0 Å². The first-order valence-electron chi connectivity index (χ1n) is 13.5. The first-order chi connectivity index (χ1) is 17.3. The number of hydrogen-bond acceptors (Lipinski definition) is 2. The van der Waals surface area contributed by atoms with E-state index in [1.54, 1.807) is 18.2 Å². The van der Waals surface area contributed by atoms with Gasteiger partial charge in [-0.25, -0.2) is 0 Å². The lowest BCUT2D eigenvalue weighted by atomic mass is 9.52. The van der Waals surface area contributed by atoms with Gasteiger partial charge in [0.25, 0.3) is 0 Å². The van der Waals surface area contributed by atoms with Gasteiger partial charge in [-0.15, -0.1) is 0 Å². The Balaban J connectivity index is 1.36. The van der Waals surface area contributed by atoms with Crippen LogP contribution in [0.2, 0.25) is 0 Å². The third-order valence-corrected chi connectivity index (χ3v) is 9.14. The van der Waals surface area contributed by atoms with Crippen molar-refractivity contribution in [3.63, 3.8) is 0 Å². The monoisotopic (exact) mass is 463 g/mol. The van der Waals surface area contributed by atoms with Gasteiger partial charge in [0.1, 0.15) is 5.75 Å². The van der Waals surface area contributed by atoms with Gasteiger partial charge in [0.15, 0.2) is 0 Å². The second kappa shape index (κ2) is 9.66. The van der Waals surface area contributed by atoms with Crippen molar-refractivity contribution >= 4 is 6.08 Å². The topological polar surface area (TPSA) is 12.5 Å². The van der Waals surface area contributed by atoms with Gasteiger partial charge in [0.2, 0.25) is 0 Å². The Bertz CT molecular complexity index is 1170. The van der Waals surface area contributed by atoms with Crippen molar-refractivity contribution in [2.75, 3.05) is 13.7 Å². The number of methoxy groups -OCH3 is 1. The molecule has 35 heavy (non-hydrogen) atoms. The van der Waals surface area contributed by atoms with Gasteiger partial charge in [-0.3, -0.25) is 4.90 Å². The molecule has 6 rings (SSSR count). The summed E-state index contributed by atoms with van der Waals surface area (Å²) in [5, 5.41) is 0. The lowest BCUT2D eigenvalue weighted by Crippen LogP contribution is -2.61.